The van der Waals surface area contributed by atoms with Crippen LogP contribution in [-0.2, 0) is 4.79 Å². The summed E-state index contributed by atoms with van der Waals surface area (Å²) in [5.41, 5.74) is 0. The fourth-order valence-corrected chi connectivity index (χ4v) is 2.09. The number of pyridine rings is 1. The lowest BCUT2D eigenvalue weighted by Gasteiger charge is -2.00. The molecule has 0 saturated heterocycles. The maximum Gasteiger partial charge on any atom is 0.132 e. The summed E-state index contributed by atoms with van der Waals surface area (Å²) in [6, 6.07) is 3.96. The van der Waals surface area contributed by atoms with Gasteiger partial charge in [0.1, 0.15) is 5.78 Å². The van der Waals surface area contributed by atoms with Gasteiger partial charge in [-0.1, -0.05) is 6.92 Å². The number of carbonyl (C=O) groups excluding carboxylic acids is 1. The first-order valence-corrected chi connectivity index (χ1v) is 6.76. The van der Waals surface area contributed by atoms with Gasteiger partial charge in [-0.3, -0.25) is 4.79 Å². The highest BCUT2D eigenvalue weighted by Crippen LogP contribution is 2.18. The molecule has 82 valence electrons. The van der Waals surface area contributed by atoms with Crippen LogP contribution >= 0.6 is 27.7 Å². The summed E-state index contributed by atoms with van der Waals surface area (Å²) >= 11 is 5.04. The van der Waals surface area contributed by atoms with Gasteiger partial charge in [-0.15, -0.1) is 11.8 Å². The molecule has 1 heterocycles. The van der Waals surface area contributed by atoms with E-state index in [1.807, 2.05) is 19.1 Å². The van der Waals surface area contributed by atoms with Crippen molar-refractivity contribution >= 4 is 33.5 Å². The van der Waals surface area contributed by atoms with Gasteiger partial charge < -0.3 is 0 Å². The molecule has 4 heteroatoms. The maximum atomic E-state index is 11.0. The lowest BCUT2D eigenvalue weighted by atomic mass is 10.2. The Bertz CT molecular complexity index is 313. The summed E-state index contributed by atoms with van der Waals surface area (Å²) in [7, 11) is 0. The third-order valence-electron chi connectivity index (χ3n) is 1.94. The molecule has 0 saturated carbocycles. The minimum atomic E-state index is 0.347. The van der Waals surface area contributed by atoms with E-state index in [2.05, 4.69) is 20.9 Å². The van der Waals surface area contributed by atoms with Crippen LogP contribution in [0.5, 0.6) is 0 Å². The summed E-state index contributed by atoms with van der Waals surface area (Å²) in [4.78, 5) is 15.3. The molecule has 0 aliphatic heterocycles. The van der Waals surface area contributed by atoms with Crippen LogP contribution in [0.25, 0.3) is 0 Å². The van der Waals surface area contributed by atoms with Crippen LogP contribution in [0.3, 0.4) is 0 Å². The van der Waals surface area contributed by atoms with Crippen LogP contribution in [0.15, 0.2) is 27.8 Å². The number of hydrogen-bond donors (Lipinski definition) is 0. The fourth-order valence-electron chi connectivity index (χ4n) is 1.07. The van der Waals surface area contributed by atoms with Crippen molar-refractivity contribution in [3.05, 3.63) is 22.8 Å². The normalized spacial score (nSPS) is 10.3. The van der Waals surface area contributed by atoms with Crippen molar-refractivity contribution in [2.45, 2.75) is 31.2 Å². The zero-order valence-electron chi connectivity index (χ0n) is 8.70. The molecule has 0 bridgehead atoms. The molecule has 1 aromatic heterocycles. The Labute approximate surface area is 103 Å². The molecule has 0 aliphatic rings. The van der Waals surface area contributed by atoms with Crippen molar-refractivity contribution in [3.63, 3.8) is 0 Å². The zero-order valence-corrected chi connectivity index (χ0v) is 11.1. The second kappa shape index (κ2) is 7.01. The first-order valence-electron chi connectivity index (χ1n) is 4.98. The van der Waals surface area contributed by atoms with E-state index < -0.39 is 0 Å². The summed E-state index contributed by atoms with van der Waals surface area (Å²) in [5.74, 6) is 1.31. The van der Waals surface area contributed by atoms with Crippen LogP contribution in [0.4, 0.5) is 0 Å². The number of aromatic nitrogens is 1. The van der Waals surface area contributed by atoms with Gasteiger partial charge in [-0.2, -0.15) is 0 Å². The molecule has 0 spiro atoms. The molecule has 1 aromatic rings. The molecule has 15 heavy (non-hydrogen) atoms. The Morgan fingerprint density at radius 2 is 2.33 bits per heavy atom. The topological polar surface area (TPSA) is 30.0 Å². The number of thioether (sulfide) groups is 1. The van der Waals surface area contributed by atoms with Gasteiger partial charge in [0.15, 0.2) is 0 Å². The number of Topliss-reactive ketones (excluding diaryl/α,β-unsaturated/α-hetero) is 1. The number of halogens is 1. The molecule has 0 N–H and O–H groups in total. The van der Waals surface area contributed by atoms with Crippen molar-refractivity contribution in [1.29, 1.82) is 0 Å². The van der Waals surface area contributed by atoms with Crippen molar-refractivity contribution < 1.29 is 4.79 Å². The van der Waals surface area contributed by atoms with E-state index in [4.69, 9.17) is 0 Å². The molecular weight excluding hydrogens is 274 g/mol. The van der Waals surface area contributed by atoms with E-state index in [1.54, 1.807) is 18.0 Å². The molecular formula is C11H14BrNOS. The summed E-state index contributed by atoms with van der Waals surface area (Å²) in [6.07, 6.45) is 4.08. The average Bonchev–Trinajstić information content (AvgIpc) is 2.26. The van der Waals surface area contributed by atoms with E-state index in [0.717, 1.165) is 21.7 Å². The van der Waals surface area contributed by atoms with Gasteiger partial charge in [0.2, 0.25) is 0 Å². The number of carbonyl (C=O) groups is 1. The Hall–Kier alpha value is -0.350. The molecule has 0 amide bonds. The van der Waals surface area contributed by atoms with E-state index in [-0.39, 0.29) is 0 Å². The van der Waals surface area contributed by atoms with Crippen molar-refractivity contribution in [2.75, 3.05) is 5.75 Å². The standard InChI is InChI=1S/C11H14BrNOS/c1-2-10(14)4-3-7-15-11-6-5-9(12)8-13-11/h5-6,8H,2-4,7H2,1H3. The number of ketones is 1. The second-order valence-electron chi connectivity index (χ2n) is 3.16. The van der Waals surface area contributed by atoms with Gasteiger partial charge in [0.25, 0.3) is 0 Å². The van der Waals surface area contributed by atoms with Gasteiger partial charge in [0, 0.05) is 23.5 Å². The third kappa shape index (κ3) is 5.33. The minimum Gasteiger partial charge on any atom is -0.300 e. The minimum absolute atomic E-state index is 0.347. The first-order chi connectivity index (χ1) is 7.22. The van der Waals surface area contributed by atoms with Gasteiger partial charge >= 0.3 is 0 Å². The van der Waals surface area contributed by atoms with Gasteiger partial charge in [-0.25, -0.2) is 4.98 Å². The van der Waals surface area contributed by atoms with E-state index in [9.17, 15) is 4.79 Å². The van der Waals surface area contributed by atoms with Crippen molar-refractivity contribution in [2.24, 2.45) is 0 Å². The molecule has 1 rings (SSSR count). The van der Waals surface area contributed by atoms with E-state index in [0.29, 0.717) is 18.6 Å². The Kier molecular flexibility index (Phi) is 5.95. The highest BCUT2D eigenvalue weighted by molar-refractivity contribution is 9.10. The first kappa shape index (κ1) is 12.7. The number of hydrogen-bond acceptors (Lipinski definition) is 3. The fraction of sp³-hybridized carbons (Fsp3) is 0.455. The second-order valence-corrected chi connectivity index (χ2v) is 5.19. The zero-order chi connectivity index (χ0) is 11.1. The smallest absolute Gasteiger partial charge is 0.132 e. The Balaban J connectivity index is 2.20. The maximum absolute atomic E-state index is 11.0. The number of nitrogens with zero attached hydrogens (tertiary/aromatic N) is 1. The summed E-state index contributed by atoms with van der Waals surface area (Å²) in [6.45, 7) is 1.91. The lowest BCUT2D eigenvalue weighted by Crippen LogP contribution is -1.95. The molecule has 0 unspecified atom stereocenters. The highest BCUT2D eigenvalue weighted by atomic mass is 79.9. The number of rotatable bonds is 6. The Morgan fingerprint density at radius 1 is 1.53 bits per heavy atom. The van der Waals surface area contributed by atoms with Crippen molar-refractivity contribution in [3.8, 4) is 0 Å². The highest BCUT2D eigenvalue weighted by Gasteiger charge is 1.99. The monoisotopic (exact) mass is 287 g/mol. The molecule has 2 nitrogen and oxygen atoms in total. The van der Waals surface area contributed by atoms with Gasteiger partial charge in [0.05, 0.1) is 5.03 Å². The predicted octanol–water partition coefficient (Wildman–Crippen LogP) is 3.70. The quantitative estimate of drug-likeness (QED) is 0.590. The molecule has 0 atom stereocenters. The molecule has 0 aromatic carbocycles. The predicted molar refractivity (Wildman–Crippen MR) is 67.2 cm³/mol. The average molecular weight is 288 g/mol. The van der Waals surface area contributed by atoms with Crippen molar-refractivity contribution in [1.82, 2.24) is 4.98 Å². The Morgan fingerprint density at radius 3 is 2.93 bits per heavy atom. The molecule has 0 aliphatic carbocycles. The lowest BCUT2D eigenvalue weighted by molar-refractivity contribution is -0.118. The van der Waals surface area contributed by atoms with Crippen LogP contribution in [0.1, 0.15) is 26.2 Å². The van der Waals surface area contributed by atoms with E-state index >= 15 is 0 Å². The summed E-state index contributed by atoms with van der Waals surface area (Å²) in [5, 5.41) is 1.02. The van der Waals surface area contributed by atoms with Crippen LogP contribution < -0.4 is 0 Å². The van der Waals surface area contributed by atoms with E-state index in [1.165, 1.54) is 0 Å². The molecule has 0 fully saturated rings. The molecule has 0 radical (unpaired) electrons. The third-order valence-corrected chi connectivity index (χ3v) is 3.44. The van der Waals surface area contributed by atoms with Gasteiger partial charge in [-0.05, 0) is 40.2 Å². The largest absolute Gasteiger partial charge is 0.300 e. The SMILES string of the molecule is CCC(=O)CCCSc1ccc(Br)cn1. The van der Waals surface area contributed by atoms with Crippen LogP contribution in [0.2, 0.25) is 0 Å². The van der Waals surface area contributed by atoms with Crippen LogP contribution in [0, 0.1) is 0 Å². The summed E-state index contributed by atoms with van der Waals surface area (Å²) < 4.78 is 0.994. The van der Waals surface area contributed by atoms with Crippen LogP contribution in [-0.4, -0.2) is 16.5 Å².